The second-order valence-corrected chi connectivity index (χ2v) is 5.92. The van der Waals surface area contributed by atoms with Gasteiger partial charge in [-0.25, -0.2) is 0 Å². The molecule has 0 radical (unpaired) electrons. The van der Waals surface area contributed by atoms with Crippen LogP contribution >= 0.6 is 23.2 Å². The van der Waals surface area contributed by atoms with E-state index >= 15 is 0 Å². The number of anilines is 1. The Labute approximate surface area is 134 Å². The SMILES string of the molecule is CC(Nc1ccc(Cl)c(Cl)c1)c1ccc2ccccc2c1. The van der Waals surface area contributed by atoms with Crippen molar-refractivity contribution in [3.63, 3.8) is 0 Å². The molecule has 3 heteroatoms. The normalized spacial score (nSPS) is 12.3. The number of halogens is 2. The van der Waals surface area contributed by atoms with Crippen molar-refractivity contribution in [2.45, 2.75) is 13.0 Å². The van der Waals surface area contributed by atoms with Gasteiger partial charge in [0.25, 0.3) is 0 Å². The van der Waals surface area contributed by atoms with Crippen LogP contribution < -0.4 is 5.32 Å². The van der Waals surface area contributed by atoms with Crippen LogP contribution in [-0.2, 0) is 0 Å². The summed E-state index contributed by atoms with van der Waals surface area (Å²) >= 11 is 12.0. The molecule has 1 N–H and O–H groups in total. The molecule has 0 saturated heterocycles. The lowest BCUT2D eigenvalue weighted by Crippen LogP contribution is -2.06. The molecule has 0 amide bonds. The van der Waals surface area contributed by atoms with Crippen molar-refractivity contribution in [3.05, 3.63) is 76.3 Å². The highest BCUT2D eigenvalue weighted by atomic mass is 35.5. The maximum absolute atomic E-state index is 6.05. The van der Waals surface area contributed by atoms with E-state index in [-0.39, 0.29) is 6.04 Å². The van der Waals surface area contributed by atoms with E-state index in [1.165, 1.54) is 16.3 Å². The van der Waals surface area contributed by atoms with Crippen molar-refractivity contribution in [3.8, 4) is 0 Å². The molecule has 1 nitrogen and oxygen atoms in total. The van der Waals surface area contributed by atoms with E-state index in [1.54, 1.807) is 6.07 Å². The van der Waals surface area contributed by atoms with Crippen LogP contribution in [0, 0.1) is 0 Å². The zero-order chi connectivity index (χ0) is 14.8. The van der Waals surface area contributed by atoms with Gasteiger partial charge >= 0.3 is 0 Å². The Morgan fingerprint density at radius 1 is 0.810 bits per heavy atom. The summed E-state index contributed by atoms with van der Waals surface area (Å²) in [5, 5.41) is 7.08. The topological polar surface area (TPSA) is 12.0 Å². The lowest BCUT2D eigenvalue weighted by atomic mass is 10.0. The summed E-state index contributed by atoms with van der Waals surface area (Å²) in [6.45, 7) is 2.13. The van der Waals surface area contributed by atoms with Crippen LogP contribution in [0.4, 0.5) is 5.69 Å². The van der Waals surface area contributed by atoms with Crippen LogP contribution in [0.15, 0.2) is 60.7 Å². The fourth-order valence-electron chi connectivity index (χ4n) is 2.40. The Bertz CT molecular complexity index is 783. The first-order chi connectivity index (χ1) is 10.1. The van der Waals surface area contributed by atoms with Gasteiger partial charge in [0.05, 0.1) is 10.0 Å². The molecule has 1 atom stereocenters. The molecule has 3 aromatic rings. The highest BCUT2D eigenvalue weighted by Crippen LogP contribution is 2.28. The zero-order valence-electron chi connectivity index (χ0n) is 11.6. The van der Waals surface area contributed by atoms with Crippen molar-refractivity contribution < 1.29 is 0 Å². The molecule has 106 valence electrons. The van der Waals surface area contributed by atoms with E-state index < -0.39 is 0 Å². The summed E-state index contributed by atoms with van der Waals surface area (Å²) in [5.74, 6) is 0. The Kier molecular flexibility index (Phi) is 4.05. The van der Waals surface area contributed by atoms with Crippen molar-refractivity contribution >= 4 is 39.7 Å². The van der Waals surface area contributed by atoms with Gasteiger partial charge in [-0.15, -0.1) is 0 Å². The molecule has 0 aromatic heterocycles. The predicted octanol–water partition coefficient (Wildman–Crippen LogP) is 6.32. The number of benzene rings is 3. The van der Waals surface area contributed by atoms with Crippen molar-refractivity contribution in [1.29, 1.82) is 0 Å². The fraction of sp³-hybridized carbons (Fsp3) is 0.111. The van der Waals surface area contributed by atoms with Gasteiger partial charge in [0, 0.05) is 11.7 Å². The Morgan fingerprint density at radius 2 is 1.57 bits per heavy atom. The van der Waals surface area contributed by atoms with Crippen molar-refractivity contribution in [1.82, 2.24) is 0 Å². The molecule has 0 saturated carbocycles. The van der Waals surface area contributed by atoms with Gasteiger partial charge in [0.1, 0.15) is 0 Å². The van der Waals surface area contributed by atoms with Gasteiger partial charge in [-0.05, 0) is 47.5 Å². The lowest BCUT2D eigenvalue weighted by Gasteiger charge is -2.17. The van der Waals surface area contributed by atoms with Gasteiger partial charge in [-0.2, -0.15) is 0 Å². The molecule has 21 heavy (non-hydrogen) atoms. The van der Waals surface area contributed by atoms with E-state index in [0.29, 0.717) is 10.0 Å². The molecule has 0 heterocycles. The minimum atomic E-state index is 0.187. The summed E-state index contributed by atoms with van der Waals surface area (Å²) in [6.07, 6.45) is 0. The maximum Gasteiger partial charge on any atom is 0.0612 e. The molecular weight excluding hydrogens is 301 g/mol. The molecular formula is C18H15Cl2N. The van der Waals surface area contributed by atoms with Crippen molar-refractivity contribution in [2.24, 2.45) is 0 Å². The van der Waals surface area contributed by atoms with Crippen LogP contribution in [0.5, 0.6) is 0 Å². The molecule has 0 aliphatic rings. The zero-order valence-corrected chi connectivity index (χ0v) is 13.1. The maximum atomic E-state index is 6.05. The summed E-state index contributed by atoms with van der Waals surface area (Å²) in [6, 6.07) is 20.7. The molecule has 0 aliphatic carbocycles. The van der Waals surface area contributed by atoms with Gasteiger partial charge < -0.3 is 5.32 Å². The van der Waals surface area contributed by atoms with E-state index in [4.69, 9.17) is 23.2 Å². The Hall–Kier alpha value is -1.70. The van der Waals surface area contributed by atoms with Crippen LogP contribution in [0.1, 0.15) is 18.5 Å². The summed E-state index contributed by atoms with van der Waals surface area (Å²) < 4.78 is 0. The van der Waals surface area contributed by atoms with E-state index in [2.05, 4.69) is 54.7 Å². The first-order valence-corrected chi connectivity index (χ1v) is 7.59. The standard InChI is InChI=1S/C18H15Cl2N/c1-12(21-16-8-9-17(19)18(20)11-16)14-7-6-13-4-2-3-5-15(13)10-14/h2-12,21H,1H3. The third-order valence-electron chi connectivity index (χ3n) is 3.58. The number of hydrogen-bond acceptors (Lipinski definition) is 1. The van der Waals surface area contributed by atoms with Crippen LogP contribution in [0.25, 0.3) is 10.8 Å². The van der Waals surface area contributed by atoms with Crippen LogP contribution in [0.2, 0.25) is 10.0 Å². The fourth-order valence-corrected chi connectivity index (χ4v) is 2.69. The number of fused-ring (bicyclic) bond motifs is 1. The highest BCUT2D eigenvalue weighted by molar-refractivity contribution is 6.42. The minimum absolute atomic E-state index is 0.187. The van der Waals surface area contributed by atoms with E-state index in [0.717, 1.165) is 5.69 Å². The molecule has 0 fully saturated rings. The highest BCUT2D eigenvalue weighted by Gasteiger charge is 2.07. The Morgan fingerprint density at radius 3 is 2.33 bits per heavy atom. The average molecular weight is 316 g/mol. The minimum Gasteiger partial charge on any atom is -0.378 e. The predicted molar refractivity (Wildman–Crippen MR) is 92.4 cm³/mol. The molecule has 0 aliphatic heterocycles. The third kappa shape index (κ3) is 3.15. The second-order valence-electron chi connectivity index (χ2n) is 5.10. The van der Waals surface area contributed by atoms with E-state index in [9.17, 15) is 0 Å². The van der Waals surface area contributed by atoms with Crippen LogP contribution in [0.3, 0.4) is 0 Å². The largest absolute Gasteiger partial charge is 0.378 e. The van der Waals surface area contributed by atoms with Gasteiger partial charge in [0.2, 0.25) is 0 Å². The number of rotatable bonds is 3. The summed E-state index contributed by atoms with van der Waals surface area (Å²) in [4.78, 5) is 0. The molecule has 1 unspecified atom stereocenters. The summed E-state index contributed by atoms with van der Waals surface area (Å²) in [5.41, 5.74) is 2.20. The smallest absolute Gasteiger partial charge is 0.0612 e. The Balaban J connectivity index is 1.85. The lowest BCUT2D eigenvalue weighted by molar-refractivity contribution is 0.887. The van der Waals surface area contributed by atoms with Gasteiger partial charge in [-0.3, -0.25) is 0 Å². The monoisotopic (exact) mass is 315 g/mol. The van der Waals surface area contributed by atoms with Gasteiger partial charge in [0.15, 0.2) is 0 Å². The van der Waals surface area contributed by atoms with Gasteiger partial charge in [-0.1, -0.05) is 59.6 Å². The molecule has 0 spiro atoms. The van der Waals surface area contributed by atoms with Crippen LogP contribution in [-0.4, -0.2) is 0 Å². The summed E-state index contributed by atoms with van der Waals surface area (Å²) in [7, 11) is 0. The first kappa shape index (κ1) is 14.2. The third-order valence-corrected chi connectivity index (χ3v) is 4.32. The van der Waals surface area contributed by atoms with Crippen molar-refractivity contribution in [2.75, 3.05) is 5.32 Å². The molecule has 3 aromatic carbocycles. The number of hydrogen-bond donors (Lipinski definition) is 1. The molecule has 0 bridgehead atoms. The quantitative estimate of drug-likeness (QED) is 0.596. The number of nitrogens with one attached hydrogen (secondary N) is 1. The average Bonchev–Trinajstić information content (AvgIpc) is 2.50. The van der Waals surface area contributed by atoms with E-state index in [1.807, 2.05) is 12.1 Å². The first-order valence-electron chi connectivity index (χ1n) is 6.84. The second kappa shape index (κ2) is 5.97. The molecule has 3 rings (SSSR count).